The zero-order valence-corrected chi connectivity index (χ0v) is 20.1. The predicted octanol–water partition coefficient (Wildman–Crippen LogP) is 4.03. The van der Waals surface area contributed by atoms with Gasteiger partial charge < -0.3 is 25.0 Å². The van der Waals surface area contributed by atoms with Crippen LogP contribution < -0.4 is 14.9 Å². The van der Waals surface area contributed by atoms with Crippen molar-refractivity contribution in [3.63, 3.8) is 0 Å². The summed E-state index contributed by atoms with van der Waals surface area (Å²) in [7, 11) is 0. The molecule has 0 radical (unpaired) electrons. The lowest BCUT2D eigenvalue weighted by molar-refractivity contribution is -0.290. The number of hydrogen-bond acceptors (Lipinski definition) is 6. The first-order valence-electron chi connectivity index (χ1n) is 10.3. The molecule has 1 aromatic carbocycles. The molecule has 1 amide bonds. The van der Waals surface area contributed by atoms with Gasteiger partial charge in [-0.25, -0.2) is 0 Å². The molecule has 0 saturated carbocycles. The summed E-state index contributed by atoms with van der Waals surface area (Å²) in [6, 6.07) is 4.93. The van der Waals surface area contributed by atoms with Gasteiger partial charge in [0.2, 0.25) is 0 Å². The SMILES string of the molecule is O=C(NCC(O)CN1CCC(Oc2ccc(Cl)c(Cl)c2)CC1)c1sc(=O)[nH]c1C(F)(F)C(F)(F)F. The van der Waals surface area contributed by atoms with E-state index in [1.807, 2.05) is 4.90 Å². The molecule has 2 aromatic rings. The van der Waals surface area contributed by atoms with Crippen LogP contribution in [0.3, 0.4) is 0 Å². The van der Waals surface area contributed by atoms with Crippen LogP contribution >= 0.6 is 34.5 Å². The highest BCUT2D eigenvalue weighted by molar-refractivity contribution is 7.11. The van der Waals surface area contributed by atoms with Crippen LogP contribution in [-0.4, -0.2) is 65.5 Å². The largest absolute Gasteiger partial charge is 0.490 e. The highest BCUT2D eigenvalue weighted by Gasteiger charge is 2.61. The number of aromatic amines is 1. The number of likely N-dealkylation sites (tertiary alicyclic amines) is 1. The Kier molecular flexibility index (Phi) is 8.69. The van der Waals surface area contributed by atoms with E-state index < -0.39 is 46.1 Å². The minimum absolute atomic E-state index is 0.0695. The van der Waals surface area contributed by atoms with Crippen molar-refractivity contribution in [3.8, 4) is 5.75 Å². The maximum absolute atomic E-state index is 13.7. The van der Waals surface area contributed by atoms with Gasteiger partial charge in [-0.3, -0.25) is 9.59 Å². The maximum atomic E-state index is 13.7. The molecule has 1 atom stereocenters. The number of benzene rings is 1. The van der Waals surface area contributed by atoms with Crippen molar-refractivity contribution in [3.05, 3.63) is 48.5 Å². The highest BCUT2D eigenvalue weighted by Crippen LogP contribution is 2.44. The molecule has 1 unspecified atom stereocenters. The number of H-pyrrole nitrogens is 1. The number of amides is 1. The van der Waals surface area contributed by atoms with Gasteiger partial charge in [-0.15, -0.1) is 0 Å². The van der Waals surface area contributed by atoms with Crippen LogP contribution in [0.15, 0.2) is 23.0 Å². The zero-order valence-electron chi connectivity index (χ0n) is 17.8. The maximum Gasteiger partial charge on any atom is 0.459 e. The molecule has 1 saturated heterocycles. The van der Waals surface area contributed by atoms with Gasteiger partial charge in [-0.2, -0.15) is 22.0 Å². The summed E-state index contributed by atoms with van der Waals surface area (Å²) in [6.45, 7) is 0.813. The number of ether oxygens (including phenoxy) is 1. The molecule has 0 bridgehead atoms. The van der Waals surface area contributed by atoms with Gasteiger partial charge in [-0.05, 0) is 25.0 Å². The normalized spacial score (nSPS) is 16.8. The molecule has 7 nitrogen and oxygen atoms in total. The molecule has 1 aliphatic rings. The Hall–Kier alpha value is -1.93. The van der Waals surface area contributed by atoms with E-state index in [-0.39, 0.29) is 24.0 Å². The zero-order chi connectivity index (χ0) is 26.0. The van der Waals surface area contributed by atoms with Crippen molar-refractivity contribution < 1.29 is 36.6 Å². The molecule has 15 heteroatoms. The fourth-order valence-electron chi connectivity index (χ4n) is 3.46. The predicted molar refractivity (Wildman–Crippen MR) is 120 cm³/mol. The minimum Gasteiger partial charge on any atom is -0.490 e. The summed E-state index contributed by atoms with van der Waals surface area (Å²) in [4.78, 5) is 24.5. The third-order valence-corrected chi connectivity index (χ3v) is 6.84. The molecular formula is C20H20Cl2F5N3O4S. The first-order chi connectivity index (χ1) is 16.3. The monoisotopic (exact) mass is 563 g/mol. The quantitative estimate of drug-likeness (QED) is 0.421. The van der Waals surface area contributed by atoms with Gasteiger partial charge in [-0.1, -0.05) is 34.5 Å². The average Bonchev–Trinajstić information content (AvgIpc) is 3.18. The number of carbonyl (C=O) groups is 1. The summed E-state index contributed by atoms with van der Waals surface area (Å²) >= 11 is 11.8. The Bertz CT molecular complexity index is 1100. The second kappa shape index (κ2) is 11.0. The molecule has 1 aliphatic heterocycles. The van der Waals surface area contributed by atoms with E-state index in [2.05, 4.69) is 5.32 Å². The Balaban J connectivity index is 1.48. The smallest absolute Gasteiger partial charge is 0.459 e. The number of nitrogens with zero attached hydrogens (tertiary/aromatic N) is 1. The van der Waals surface area contributed by atoms with Gasteiger partial charge >= 0.3 is 17.0 Å². The third-order valence-electron chi connectivity index (χ3n) is 5.22. The van der Waals surface area contributed by atoms with E-state index in [1.165, 1.54) is 4.98 Å². The van der Waals surface area contributed by atoms with Crippen molar-refractivity contribution in [2.45, 2.75) is 37.1 Å². The molecule has 1 fully saturated rings. The fraction of sp³-hybridized carbons (Fsp3) is 0.500. The molecule has 0 aliphatic carbocycles. The lowest BCUT2D eigenvalue weighted by atomic mass is 10.1. The van der Waals surface area contributed by atoms with E-state index in [9.17, 15) is 36.6 Å². The Morgan fingerprint density at radius 3 is 2.49 bits per heavy atom. The van der Waals surface area contributed by atoms with Crippen molar-refractivity contribution in [2.24, 2.45) is 0 Å². The van der Waals surface area contributed by atoms with Crippen molar-refractivity contribution in [1.29, 1.82) is 0 Å². The van der Waals surface area contributed by atoms with Gasteiger partial charge in [0.15, 0.2) is 0 Å². The summed E-state index contributed by atoms with van der Waals surface area (Å²) < 4.78 is 71.2. The number of aliphatic hydroxyl groups is 1. The number of carbonyl (C=O) groups excluding carboxylic acids is 1. The Labute approximate surface area is 209 Å². The number of hydrogen-bond donors (Lipinski definition) is 3. The van der Waals surface area contributed by atoms with Gasteiger partial charge in [0.05, 0.1) is 16.1 Å². The number of thiazole rings is 1. The van der Waals surface area contributed by atoms with Crippen LogP contribution in [0, 0.1) is 0 Å². The van der Waals surface area contributed by atoms with Gasteiger partial charge in [0.1, 0.15) is 22.4 Å². The van der Waals surface area contributed by atoms with Crippen LogP contribution in [-0.2, 0) is 5.92 Å². The number of aromatic nitrogens is 1. The number of nitrogens with one attached hydrogen (secondary N) is 2. The molecule has 35 heavy (non-hydrogen) atoms. The van der Waals surface area contributed by atoms with Crippen LogP contribution in [0.2, 0.25) is 10.0 Å². The molecule has 194 valence electrons. The molecule has 0 spiro atoms. The van der Waals surface area contributed by atoms with Crippen molar-refractivity contribution in [1.82, 2.24) is 15.2 Å². The summed E-state index contributed by atoms with van der Waals surface area (Å²) in [6.07, 6.45) is -5.96. The average molecular weight is 564 g/mol. The topological polar surface area (TPSA) is 94.7 Å². The van der Waals surface area contributed by atoms with E-state index in [1.54, 1.807) is 18.2 Å². The van der Waals surface area contributed by atoms with Gasteiger partial charge in [0.25, 0.3) is 5.91 Å². The Morgan fingerprint density at radius 2 is 1.89 bits per heavy atom. The summed E-state index contributed by atoms with van der Waals surface area (Å²) in [5.41, 5.74) is -1.82. The lowest BCUT2D eigenvalue weighted by Gasteiger charge is -2.33. The van der Waals surface area contributed by atoms with E-state index in [4.69, 9.17) is 27.9 Å². The highest BCUT2D eigenvalue weighted by atomic mass is 35.5. The van der Waals surface area contributed by atoms with Crippen molar-refractivity contribution in [2.75, 3.05) is 26.2 Å². The standard InChI is InChI=1S/C20H20Cl2F5N3O4S/c21-13-2-1-12(7-14(13)22)34-11-3-5-30(6-4-11)9-10(31)8-28-17(32)15-16(29-18(33)35-15)19(23,24)20(25,26)27/h1-2,7,10-11,31H,3-6,8-9H2,(H,28,32)(H,29,33). The molecule has 3 N–H and O–H groups in total. The van der Waals surface area contributed by atoms with E-state index in [0.29, 0.717) is 41.7 Å². The number of piperidine rings is 1. The molecule has 2 heterocycles. The number of halogens is 7. The van der Waals surface area contributed by atoms with E-state index in [0.717, 1.165) is 0 Å². The van der Waals surface area contributed by atoms with Crippen LogP contribution in [0.4, 0.5) is 22.0 Å². The van der Waals surface area contributed by atoms with E-state index >= 15 is 0 Å². The number of β-amino-alcohol motifs (C(OH)–C–C–N with tert-alkyl or cyclic N) is 1. The first-order valence-corrected chi connectivity index (χ1v) is 11.8. The number of aliphatic hydroxyl groups excluding tert-OH is 1. The third kappa shape index (κ3) is 6.85. The second-order valence-corrected chi connectivity index (χ2v) is 9.65. The Morgan fingerprint density at radius 1 is 1.23 bits per heavy atom. The van der Waals surface area contributed by atoms with Crippen molar-refractivity contribution >= 4 is 40.4 Å². The fourth-order valence-corrected chi connectivity index (χ4v) is 4.53. The summed E-state index contributed by atoms with van der Waals surface area (Å²) in [5, 5.41) is 13.1. The second-order valence-electron chi connectivity index (χ2n) is 7.85. The van der Waals surface area contributed by atoms with Crippen LogP contribution in [0.1, 0.15) is 28.2 Å². The lowest BCUT2D eigenvalue weighted by Crippen LogP contribution is -2.45. The summed E-state index contributed by atoms with van der Waals surface area (Å²) in [5.74, 6) is -6.16. The van der Waals surface area contributed by atoms with Crippen LogP contribution in [0.25, 0.3) is 0 Å². The van der Waals surface area contributed by atoms with Crippen LogP contribution in [0.5, 0.6) is 5.75 Å². The minimum atomic E-state index is -6.00. The number of rotatable bonds is 8. The molecular weight excluding hydrogens is 544 g/mol. The molecule has 3 rings (SSSR count). The van der Waals surface area contributed by atoms with Gasteiger partial charge in [0, 0.05) is 32.2 Å². The first kappa shape index (κ1) is 27.7. The number of alkyl halides is 5. The molecule has 1 aromatic heterocycles.